The van der Waals surface area contributed by atoms with Gasteiger partial charge in [0.25, 0.3) is 0 Å². The quantitative estimate of drug-likeness (QED) is 0.751. The van der Waals surface area contributed by atoms with Crippen molar-refractivity contribution in [3.63, 3.8) is 0 Å². The molecule has 1 unspecified atom stereocenters. The van der Waals surface area contributed by atoms with Crippen LogP contribution in [0.3, 0.4) is 0 Å². The predicted molar refractivity (Wildman–Crippen MR) is 70.6 cm³/mol. The highest BCUT2D eigenvalue weighted by Gasteiger charge is 2.21. The Bertz CT molecular complexity index is 441. The first-order chi connectivity index (χ1) is 8.27. The number of phenols is 1. The van der Waals surface area contributed by atoms with E-state index in [4.69, 9.17) is 10.8 Å². The first-order valence-corrected chi connectivity index (χ1v) is 6.08. The van der Waals surface area contributed by atoms with Crippen LogP contribution >= 0.6 is 0 Å². The third-order valence-electron chi connectivity index (χ3n) is 3.49. The molecule has 4 heteroatoms. The first-order valence-electron chi connectivity index (χ1n) is 6.08. The largest absolute Gasteiger partial charge is 0.508 e. The Kier molecular flexibility index (Phi) is 4.35. The molecule has 0 amide bonds. The lowest BCUT2D eigenvalue weighted by atomic mass is 9.81. The monoisotopic (exact) mass is 251 g/mol. The molecule has 1 aromatic rings. The maximum Gasteiger partial charge on any atom is 0.305 e. The van der Waals surface area contributed by atoms with Gasteiger partial charge in [-0.05, 0) is 29.5 Å². The Hall–Kier alpha value is -1.55. The number of hydrogen-bond acceptors (Lipinski definition) is 3. The number of carboxylic acids is 1. The van der Waals surface area contributed by atoms with Gasteiger partial charge in [-0.3, -0.25) is 4.79 Å². The number of phenolic OH excluding ortho intramolecular Hbond substituents is 1. The van der Waals surface area contributed by atoms with Gasteiger partial charge < -0.3 is 15.9 Å². The predicted octanol–water partition coefficient (Wildman–Crippen LogP) is 2.55. The summed E-state index contributed by atoms with van der Waals surface area (Å²) in [6.07, 6.45) is 0.759. The lowest BCUT2D eigenvalue weighted by molar-refractivity contribution is -0.137. The molecule has 0 aliphatic rings. The molecule has 18 heavy (non-hydrogen) atoms. The summed E-state index contributed by atoms with van der Waals surface area (Å²) in [5, 5.41) is 18.5. The minimum absolute atomic E-state index is 0.0224. The van der Waals surface area contributed by atoms with Crippen molar-refractivity contribution in [3.05, 3.63) is 29.3 Å². The van der Waals surface area contributed by atoms with Gasteiger partial charge in [-0.25, -0.2) is 0 Å². The SMILES string of the molecule is CCC(C)(C)c1ccc(O)c(C(N)CC(=O)O)c1. The van der Waals surface area contributed by atoms with E-state index in [1.165, 1.54) is 0 Å². The molecular weight excluding hydrogens is 230 g/mol. The summed E-state index contributed by atoms with van der Waals surface area (Å²) in [6.45, 7) is 6.29. The molecule has 0 bridgehead atoms. The number of rotatable bonds is 5. The van der Waals surface area contributed by atoms with Gasteiger partial charge in [0, 0.05) is 11.6 Å². The second-order valence-electron chi connectivity index (χ2n) is 5.22. The van der Waals surface area contributed by atoms with Gasteiger partial charge in [-0.1, -0.05) is 26.8 Å². The highest BCUT2D eigenvalue weighted by Crippen LogP contribution is 2.33. The van der Waals surface area contributed by atoms with Gasteiger partial charge in [-0.15, -0.1) is 0 Å². The number of carbonyl (C=O) groups is 1. The number of nitrogens with two attached hydrogens (primary N) is 1. The summed E-state index contributed by atoms with van der Waals surface area (Å²) in [5.41, 5.74) is 7.34. The molecule has 0 aliphatic heterocycles. The third-order valence-corrected chi connectivity index (χ3v) is 3.49. The molecule has 0 aromatic heterocycles. The molecule has 4 nitrogen and oxygen atoms in total. The smallest absolute Gasteiger partial charge is 0.305 e. The highest BCUT2D eigenvalue weighted by molar-refractivity contribution is 5.68. The lowest BCUT2D eigenvalue weighted by Crippen LogP contribution is -2.19. The molecule has 1 aromatic carbocycles. The Morgan fingerprint density at radius 1 is 1.44 bits per heavy atom. The van der Waals surface area contributed by atoms with E-state index in [9.17, 15) is 9.90 Å². The van der Waals surface area contributed by atoms with Gasteiger partial charge in [0.15, 0.2) is 0 Å². The Morgan fingerprint density at radius 3 is 2.56 bits per heavy atom. The van der Waals surface area contributed by atoms with Crippen molar-refractivity contribution in [2.75, 3.05) is 0 Å². The van der Waals surface area contributed by atoms with Gasteiger partial charge in [0.05, 0.1) is 6.42 Å². The number of aliphatic carboxylic acids is 1. The molecule has 0 heterocycles. The second kappa shape index (κ2) is 5.40. The van der Waals surface area contributed by atoms with Crippen molar-refractivity contribution in [1.82, 2.24) is 0 Å². The van der Waals surface area contributed by atoms with E-state index in [2.05, 4.69) is 20.8 Å². The Labute approximate surface area is 107 Å². The van der Waals surface area contributed by atoms with Crippen LogP contribution in [0.5, 0.6) is 5.75 Å². The molecule has 0 saturated heterocycles. The van der Waals surface area contributed by atoms with Crippen LogP contribution in [0, 0.1) is 0 Å². The molecule has 0 saturated carbocycles. The summed E-state index contributed by atoms with van der Waals surface area (Å²) < 4.78 is 0. The maximum atomic E-state index is 10.7. The van der Waals surface area contributed by atoms with Crippen LogP contribution in [-0.2, 0) is 10.2 Å². The summed E-state index contributed by atoms with van der Waals surface area (Å²) >= 11 is 0. The minimum atomic E-state index is -0.970. The normalized spacial score (nSPS) is 13.3. The fraction of sp³-hybridized carbons (Fsp3) is 0.500. The highest BCUT2D eigenvalue weighted by atomic mass is 16.4. The molecule has 0 aliphatic carbocycles. The van der Waals surface area contributed by atoms with Crippen molar-refractivity contribution in [2.45, 2.75) is 45.1 Å². The fourth-order valence-electron chi connectivity index (χ4n) is 1.77. The molecule has 4 N–H and O–H groups in total. The van der Waals surface area contributed by atoms with Crippen LogP contribution in [0.4, 0.5) is 0 Å². The third kappa shape index (κ3) is 3.23. The van der Waals surface area contributed by atoms with E-state index in [1.54, 1.807) is 6.07 Å². The van der Waals surface area contributed by atoms with E-state index >= 15 is 0 Å². The van der Waals surface area contributed by atoms with E-state index in [0.29, 0.717) is 5.56 Å². The standard InChI is InChI=1S/C14H21NO3/c1-4-14(2,3)9-5-6-12(16)10(7-9)11(15)8-13(17)18/h5-7,11,16H,4,8,15H2,1-3H3,(H,17,18). The second-order valence-corrected chi connectivity index (χ2v) is 5.22. The van der Waals surface area contributed by atoms with Crippen molar-refractivity contribution in [2.24, 2.45) is 5.73 Å². The van der Waals surface area contributed by atoms with Crippen LogP contribution in [0.1, 0.15) is 50.8 Å². The average molecular weight is 251 g/mol. The Balaban J connectivity index is 3.12. The van der Waals surface area contributed by atoms with Gasteiger partial charge in [0.1, 0.15) is 5.75 Å². The summed E-state index contributed by atoms with van der Waals surface area (Å²) in [4.78, 5) is 10.7. The molecule has 0 radical (unpaired) electrons. The average Bonchev–Trinajstić information content (AvgIpc) is 2.28. The van der Waals surface area contributed by atoms with Crippen LogP contribution in [0.15, 0.2) is 18.2 Å². The van der Waals surface area contributed by atoms with Crippen molar-refractivity contribution >= 4 is 5.97 Å². The zero-order valence-corrected chi connectivity index (χ0v) is 11.1. The van der Waals surface area contributed by atoms with Crippen LogP contribution in [0.2, 0.25) is 0 Å². The van der Waals surface area contributed by atoms with E-state index in [1.807, 2.05) is 12.1 Å². The van der Waals surface area contributed by atoms with Gasteiger partial charge >= 0.3 is 5.97 Å². The van der Waals surface area contributed by atoms with Crippen LogP contribution < -0.4 is 5.73 Å². The number of carboxylic acid groups (broad SMARTS) is 1. The van der Waals surface area contributed by atoms with Gasteiger partial charge in [0.2, 0.25) is 0 Å². The van der Waals surface area contributed by atoms with Gasteiger partial charge in [-0.2, -0.15) is 0 Å². The number of aromatic hydroxyl groups is 1. The van der Waals surface area contributed by atoms with Crippen LogP contribution in [0.25, 0.3) is 0 Å². The van der Waals surface area contributed by atoms with E-state index < -0.39 is 12.0 Å². The first kappa shape index (κ1) is 14.5. The molecule has 100 valence electrons. The minimum Gasteiger partial charge on any atom is -0.508 e. The lowest BCUT2D eigenvalue weighted by Gasteiger charge is -2.25. The van der Waals surface area contributed by atoms with Crippen molar-refractivity contribution < 1.29 is 15.0 Å². The summed E-state index contributed by atoms with van der Waals surface area (Å²) in [5.74, 6) is -0.915. The maximum absolute atomic E-state index is 10.7. The fourth-order valence-corrected chi connectivity index (χ4v) is 1.77. The molecule has 1 atom stereocenters. The van der Waals surface area contributed by atoms with E-state index in [0.717, 1.165) is 12.0 Å². The zero-order chi connectivity index (χ0) is 13.9. The molecule has 0 fully saturated rings. The van der Waals surface area contributed by atoms with Crippen LogP contribution in [-0.4, -0.2) is 16.2 Å². The molecular formula is C14H21NO3. The Morgan fingerprint density at radius 2 is 2.06 bits per heavy atom. The summed E-state index contributed by atoms with van der Waals surface area (Å²) in [7, 11) is 0. The number of benzene rings is 1. The zero-order valence-electron chi connectivity index (χ0n) is 11.1. The topological polar surface area (TPSA) is 83.5 Å². The molecule has 0 spiro atoms. The van der Waals surface area contributed by atoms with E-state index in [-0.39, 0.29) is 17.6 Å². The molecule has 1 rings (SSSR count). The number of hydrogen-bond donors (Lipinski definition) is 3. The van der Waals surface area contributed by atoms with Crippen molar-refractivity contribution in [1.29, 1.82) is 0 Å². The van der Waals surface area contributed by atoms with Crippen molar-refractivity contribution in [3.8, 4) is 5.75 Å². The summed E-state index contributed by atoms with van der Waals surface area (Å²) in [6, 6.07) is 4.57.